The molecule has 0 bridgehead atoms. The largest absolute Gasteiger partial charge is 0.286 e. The number of hydrogen-bond donors (Lipinski definition) is 0. The zero-order valence-corrected chi connectivity index (χ0v) is 15.3. The molecule has 2 heterocycles. The van der Waals surface area contributed by atoms with Gasteiger partial charge in [0.2, 0.25) is 0 Å². The fourth-order valence-electron chi connectivity index (χ4n) is 2.72. The predicted molar refractivity (Wildman–Crippen MR) is 102 cm³/mol. The van der Waals surface area contributed by atoms with Gasteiger partial charge in [-0.3, -0.25) is 13.9 Å². The van der Waals surface area contributed by atoms with E-state index in [9.17, 15) is 4.79 Å². The van der Waals surface area contributed by atoms with Gasteiger partial charge >= 0.3 is 0 Å². The third kappa shape index (κ3) is 2.77. The SMILES string of the molecule is O=c1c2ncn(-c3ccccc3)c2nc(CBr)n1-c1ccc(Cl)cc1. The van der Waals surface area contributed by atoms with Crippen molar-refractivity contribution in [1.82, 2.24) is 19.1 Å². The molecule has 25 heavy (non-hydrogen) atoms. The maximum Gasteiger partial charge on any atom is 0.286 e. The summed E-state index contributed by atoms with van der Waals surface area (Å²) in [6.45, 7) is 0. The molecule has 4 aromatic rings. The Kier molecular flexibility index (Phi) is 4.15. The van der Waals surface area contributed by atoms with Gasteiger partial charge in [0.15, 0.2) is 11.2 Å². The van der Waals surface area contributed by atoms with Crippen molar-refractivity contribution in [3.05, 3.63) is 82.1 Å². The third-order valence-corrected chi connectivity index (χ3v) is 4.63. The molecule has 0 N–H and O–H groups in total. The zero-order chi connectivity index (χ0) is 17.4. The summed E-state index contributed by atoms with van der Waals surface area (Å²) in [5.74, 6) is 0.595. The number of alkyl halides is 1. The lowest BCUT2D eigenvalue weighted by molar-refractivity contribution is 0.877. The highest BCUT2D eigenvalue weighted by Gasteiger charge is 2.16. The Balaban J connectivity index is 2.00. The number of aromatic nitrogens is 4. The van der Waals surface area contributed by atoms with Crippen molar-refractivity contribution in [3.8, 4) is 11.4 Å². The molecule has 0 aliphatic carbocycles. The van der Waals surface area contributed by atoms with Gasteiger partial charge in [0.25, 0.3) is 5.56 Å². The highest BCUT2D eigenvalue weighted by molar-refractivity contribution is 9.08. The van der Waals surface area contributed by atoms with Crippen LogP contribution in [0.2, 0.25) is 5.02 Å². The Hall–Kier alpha value is -2.44. The van der Waals surface area contributed by atoms with Crippen molar-refractivity contribution in [2.45, 2.75) is 5.33 Å². The molecule has 5 nitrogen and oxygen atoms in total. The summed E-state index contributed by atoms with van der Waals surface area (Å²) in [6, 6.07) is 16.8. The maximum atomic E-state index is 13.0. The van der Waals surface area contributed by atoms with Crippen LogP contribution in [0.3, 0.4) is 0 Å². The summed E-state index contributed by atoms with van der Waals surface area (Å²) in [5.41, 5.74) is 2.25. The predicted octanol–water partition coefficient (Wildman–Crippen LogP) is 4.12. The van der Waals surface area contributed by atoms with E-state index >= 15 is 0 Å². The smallest absolute Gasteiger partial charge is 0.283 e. The molecule has 124 valence electrons. The number of benzene rings is 2. The number of imidazole rings is 1. The van der Waals surface area contributed by atoms with Gasteiger partial charge in [-0.2, -0.15) is 0 Å². The molecule has 0 saturated heterocycles. The summed E-state index contributed by atoms with van der Waals surface area (Å²) in [6.07, 6.45) is 1.62. The molecule has 0 radical (unpaired) electrons. The molecule has 0 unspecified atom stereocenters. The van der Waals surface area contributed by atoms with Crippen molar-refractivity contribution < 1.29 is 0 Å². The molecule has 0 aliphatic heterocycles. The van der Waals surface area contributed by atoms with Crippen LogP contribution in [0.5, 0.6) is 0 Å². The number of para-hydroxylation sites is 1. The first-order valence-corrected chi connectivity index (χ1v) is 9.05. The molecule has 0 fully saturated rings. The van der Waals surface area contributed by atoms with Crippen LogP contribution in [0.15, 0.2) is 65.7 Å². The van der Waals surface area contributed by atoms with Gasteiger partial charge < -0.3 is 0 Å². The van der Waals surface area contributed by atoms with Crippen molar-refractivity contribution in [2.75, 3.05) is 0 Å². The van der Waals surface area contributed by atoms with E-state index in [-0.39, 0.29) is 5.56 Å². The molecular weight excluding hydrogens is 404 g/mol. The second-order valence-electron chi connectivity index (χ2n) is 5.40. The van der Waals surface area contributed by atoms with Crippen LogP contribution >= 0.6 is 27.5 Å². The Bertz CT molecular complexity index is 1100. The van der Waals surface area contributed by atoms with Crippen LogP contribution < -0.4 is 5.56 Å². The van der Waals surface area contributed by atoms with E-state index in [0.29, 0.717) is 33.0 Å². The number of hydrogen-bond acceptors (Lipinski definition) is 3. The van der Waals surface area contributed by atoms with Crippen LogP contribution in [-0.4, -0.2) is 19.1 Å². The van der Waals surface area contributed by atoms with Gasteiger partial charge in [-0.25, -0.2) is 9.97 Å². The van der Waals surface area contributed by atoms with Crippen LogP contribution in [0.4, 0.5) is 0 Å². The summed E-state index contributed by atoms with van der Waals surface area (Å²) < 4.78 is 3.37. The summed E-state index contributed by atoms with van der Waals surface area (Å²) >= 11 is 9.38. The van der Waals surface area contributed by atoms with Gasteiger partial charge in [0, 0.05) is 10.7 Å². The quantitative estimate of drug-likeness (QED) is 0.473. The fourth-order valence-corrected chi connectivity index (χ4v) is 3.22. The average Bonchev–Trinajstić information content (AvgIpc) is 3.07. The number of nitrogens with zero attached hydrogens (tertiary/aromatic N) is 4. The molecule has 0 aliphatic rings. The van der Waals surface area contributed by atoms with Crippen LogP contribution in [0, 0.1) is 0 Å². The van der Waals surface area contributed by atoms with Gasteiger partial charge in [-0.05, 0) is 36.4 Å². The highest BCUT2D eigenvalue weighted by atomic mass is 79.9. The monoisotopic (exact) mass is 414 g/mol. The lowest BCUT2D eigenvalue weighted by atomic mass is 10.3. The lowest BCUT2D eigenvalue weighted by Crippen LogP contribution is -2.23. The number of fused-ring (bicyclic) bond motifs is 1. The lowest BCUT2D eigenvalue weighted by Gasteiger charge is -2.11. The van der Waals surface area contributed by atoms with Crippen molar-refractivity contribution in [2.24, 2.45) is 0 Å². The second kappa shape index (κ2) is 6.46. The van der Waals surface area contributed by atoms with E-state index in [1.807, 2.05) is 34.9 Å². The first-order chi connectivity index (χ1) is 12.2. The Labute approximate surface area is 156 Å². The molecule has 0 spiro atoms. The summed E-state index contributed by atoms with van der Waals surface area (Å²) in [7, 11) is 0. The average molecular weight is 416 g/mol. The molecule has 2 aromatic carbocycles. The molecular formula is C18H12BrClN4O. The van der Waals surface area contributed by atoms with Crippen molar-refractivity contribution in [3.63, 3.8) is 0 Å². The van der Waals surface area contributed by atoms with E-state index in [1.54, 1.807) is 35.2 Å². The Morgan fingerprint density at radius 3 is 2.40 bits per heavy atom. The van der Waals surface area contributed by atoms with Crippen LogP contribution in [0.25, 0.3) is 22.5 Å². The minimum absolute atomic E-state index is 0.212. The molecule has 7 heteroatoms. The van der Waals surface area contributed by atoms with Crippen molar-refractivity contribution >= 4 is 38.7 Å². The van der Waals surface area contributed by atoms with E-state index in [0.717, 1.165) is 5.69 Å². The fraction of sp³-hybridized carbons (Fsp3) is 0.0556. The Morgan fingerprint density at radius 1 is 1.00 bits per heavy atom. The standard InChI is InChI=1S/C18H12BrClN4O/c19-10-15-22-17-16(21-11-23(17)13-4-2-1-3-5-13)18(25)24(15)14-8-6-12(20)7-9-14/h1-9,11H,10H2. The molecule has 2 aromatic heterocycles. The highest BCUT2D eigenvalue weighted by Crippen LogP contribution is 2.19. The molecule has 0 amide bonds. The second-order valence-corrected chi connectivity index (χ2v) is 6.40. The van der Waals surface area contributed by atoms with Gasteiger partial charge in [-0.15, -0.1) is 0 Å². The van der Waals surface area contributed by atoms with Gasteiger partial charge in [-0.1, -0.05) is 45.7 Å². The summed E-state index contributed by atoms with van der Waals surface area (Å²) in [4.78, 5) is 22.0. The molecule has 0 saturated carbocycles. The zero-order valence-electron chi connectivity index (χ0n) is 12.9. The van der Waals surface area contributed by atoms with Crippen LogP contribution in [0.1, 0.15) is 5.82 Å². The van der Waals surface area contributed by atoms with E-state index in [1.165, 1.54) is 0 Å². The number of halogens is 2. The van der Waals surface area contributed by atoms with Crippen LogP contribution in [-0.2, 0) is 5.33 Å². The minimum Gasteiger partial charge on any atom is -0.283 e. The van der Waals surface area contributed by atoms with E-state index in [2.05, 4.69) is 25.9 Å². The molecule has 0 atom stereocenters. The topological polar surface area (TPSA) is 52.7 Å². The van der Waals surface area contributed by atoms with Gasteiger partial charge in [0.1, 0.15) is 12.2 Å². The van der Waals surface area contributed by atoms with Gasteiger partial charge in [0.05, 0.1) is 11.0 Å². The first kappa shape index (κ1) is 16.1. The minimum atomic E-state index is -0.212. The Morgan fingerprint density at radius 2 is 1.72 bits per heavy atom. The normalized spacial score (nSPS) is 11.1. The number of rotatable bonds is 3. The first-order valence-electron chi connectivity index (χ1n) is 7.55. The van der Waals surface area contributed by atoms with Crippen molar-refractivity contribution in [1.29, 1.82) is 0 Å². The third-order valence-electron chi connectivity index (χ3n) is 3.88. The summed E-state index contributed by atoms with van der Waals surface area (Å²) in [5, 5.41) is 1.04. The van der Waals surface area contributed by atoms with E-state index in [4.69, 9.17) is 11.6 Å². The molecule has 4 rings (SSSR count). The maximum absolute atomic E-state index is 13.0. The van der Waals surface area contributed by atoms with E-state index < -0.39 is 0 Å².